The Bertz CT molecular complexity index is 1440. The van der Waals surface area contributed by atoms with Crippen LogP contribution in [0, 0.1) is 5.82 Å². The van der Waals surface area contributed by atoms with Crippen molar-refractivity contribution in [3.05, 3.63) is 67.7 Å². The number of aromatic nitrogens is 2. The molecule has 0 radical (unpaired) electrons. The van der Waals surface area contributed by atoms with Crippen LogP contribution in [0.4, 0.5) is 9.18 Å². The number of rotatable bonds is 12. The second kappa shape index (κ2) is 15.3. The van der Waals surface area contributed by atoms with E-state index in [1.807, 2.05) is 0 Å². The molecule has 0 bridgehead atoms. The number of carbonyl (C=O) groups is 3. The second-order valence-electron chi connectivity index (χ2n) is 11.2. The minimum Gasteiger partial charge on any atom is -0.462 e. The summed E-state index contributed by atoms with van der Waals surface area (Å²) in [6.07, 6.45) is -2.83. The monoisotopic (exact) mass is 642 g/mol. The molecule has 1 aliphatic rings. The summed E-state index contributed by atoms with van der Waals surface area (Å²) in [6.45, 7) is 3.29. The molecule has 1 aromatic carbocycles. The highest BCUT2D eigenvalue weighted by molar-refractivity contribution is 6.30. The molecule has 1 fully saturated rings. The van der Waals surface area contributed by atoms with Crippen molar-refractivity contribution in [3.63, 3.8) is 0 Å². The van der Waals surface area contributed by atoms with Crippen LogP contribution in [0.15, 0.2) is 40.1 Å². The minimum atomic E-state index is -1.33. The Kier molecular flexibility index (Phi) is 12.0. The molecule has 16 heteroatoms. The Balaban J connectivity index is 1.74. The maximum atomic E-state index is 14.7. The Hall–Kier alpha value is -3.79. The number of nitrogens with one attached hydrogen (secondary N) is 1. The van der Waals surface area contributed by atoms with E-state index in [1.165, 1.54) is 0 Å². The van der Waals surface area contributed by atoms with Gasteiger partial charge in [-0.2, -0.15) is 4.39 Å². The summed E-state index contributed by atoms with van der Waals surface area (Å²) in [5.41, 5.74) is -2.37. The van der Waals surface area contributed by atoms with Crippen LogP contribution in [0.2, 0.25) is 5.02 Å². The molecule has 1 N–H and O–H groups in total. The van der Waals surface area contributed by atoms with Gasteiger partial charge >= 0.3 is 23.7 Å². The molecule has 0 aliphatic carbocycles. The fourth-order valence-electron chi connectivity index (χ4n) is 4.01. The third-order valence-electron chi connectivity index (χ3n) is 6.01. The van der Waals surface area contributed by atoms with Crippen molar-refractivity contribution in [3.8, 4) is 0 Å². The average molecular weight is 643 g/mol. The number of amides is 1. The Morgan fingerprint density at radius 3 is 2.43 bits per heavy atom. The summed E-state index contributed by atoms with van der Waals surface area (Å²) >= 11 is 5.95. The standard InChI is InChI=1S/C28H36ClFN4O10/c1-28(2,3)44-26(38)31-11-23(35)42-16-34-25(37)19(30)12-33(27(34)39)22-10-20(40-14-17-6-8-18(29)9-7-17)21(43-22)15-41-24(36)13-32(4)5/h6-9,12,20-22H,10-11,13-16H2,1-5H3,(H,31,38)/t20-,21+,22+/m0/s1. The van der Waals surface area contributed by atoms with Crippen LogP contribution in [0.5, 0.6) is 0 Å². The molecule has 2 aromatic rings. The predicted molar refractivity (Wildman–Crippen MR) is 153 cm³/mol. The van der Waals surface area contributed by atoms with Gasteiger partial charge in [0.1, 0.15) is 31.1 Å². The lowest BCUT2D eigenvalue weighted by Crippen LogP contribution is -2.44. The summed E-state index contributed by atoms with van der Waals surface area (Å²) in [5, 5.41) is 2.73. The molecule has 3 rings (SSSR count). The van der Waals surface area contributed by atoms with Crippen molar-refractivity contribution >= 4 is 29.6 Å². The number of esters is 2. The number of benzene rings is 1. The van der Waals surface area contributed by atoms with E-state index in [9.17, 15) is 28.4 Å². The molecule has 0 saturated carbocycles. The van der Waals surface area contributed by atoms with Crippen molar-refractivity contribution in [1.82, 2.24) is 19.4 Å². The maximum Gasteiger partial charge on any atom is 0.408 e. The lowest BCUT2D eigenvalue weighted by molar-refractivity contribution is -0.152. The van der Waals surface area contributed by atoms with E-state index in [-0.39, 0.29) is 26.2 Å². The molecule has 14 nitrogen and oxygen atoms in total. The number of ether oxygens (including phenoxy) is 5. The zero-order valence-corrected chi connectivity index (χ0v) is 25.8. The molecule has 0 unspecified atom stereocenters. The number of nitrogens with zero attached hydrogens (tertiary/aromatic N) is 3. The summed E-state index contributed by atoms with van der Waals surface area (Å²) in [5.74, 6) is -2.83. The third kappa shape index (κ3) is 10.4. The van der Waals surface area contributed by atoms with Crippen molar-refractivity contribution in [2.75, 3.05) is 33.8 Å². The highest BCUT2D eigenvalue weighted by Gasteiger charge is 2.39. The van der Waals surface area contributed by atoms with Crippen LogP contribution >= 0.6 is 11.6 Å². The summed E-state index contributed by atoms with van der Waals surface area (Å²) < 4.78 is 43.2. The van der Waals surface area contributed by atoms with Crippen LogP contribution < -0.4 is 16.6 Å². The van der Waals surface area contributed by atoms with Gasteiger partial charge in [0.2, 0.25) is 5.82 Å². The number of halogens is 2. The Morgan fingerprint density at radius 1 is 1.11 bits per heavy atom. The van der Waals surface area contributed by atoms with E-state index in [0.717, 1.165) is 10.1 Å². The fourth-order valence-corrected chi connectivity index (χ4v) is 4.14. The Labute approximate surface area is 257 Å². The number of likely N-dealkylation sites (N-methyl/N-ethyl adjacent to an activating group) is 1. The predicted octanol–water partition coefficient (Wildman–Crippen LogP) is 1.81. The van der Waals surface area contributed by atoms with Gasteiger partial charge in [0.15, 0.2) is 6.73 Å². The second-order valence-corrected chi connectivity index (χ2v) is 11.6. The highest BCUT2D eigenvalue weighted by Crippen LogP contribution is 2.31. The van der Waals surface area contributed by atoms with E-state index < -0.39 is 72.4 Å². The number of hydrogen-bond donors (Lipinski definition) is 1. The zero-order valence-electron chi connectivity index (χ0n) is 25.0. The van der Waals surface area contributed by atoms with Gasteiger partial charge in [0, 0.05) is 11.4 Å². The first kappa shape index (κ1) is 34.7. The smallest absolute Gasteiger partial charge is 0.408 e. The molecule has 1 amide bonds. The van der Waals surface area contributed by atoms with Gasteiger partial charge in [0.05, 0.1) is 25.5 Å². The molecule has 3 atom stereocenters. The molecule has 2 heterocycles. The average Bonchev–Trinajstić information content (AvgIpc) is 3.33. The summed E-state index contributed by atoms with van der Waals surface area (Å²) in [7, 11) is 3.40. The van der Waals surface area contributed by atoms with Crippen molar-refractivity contribution in [2.45, 2.75) is 64.6 Å². The van der Waals surface area contributed by atoms with Gasteiger partial charge in [0.25, 0.3) is 5.56 Å². The van der Waals surface area contributed by atoms with Gasteiger partial charge in [-0.05, 0) is 52.6 Å². The highest BCUT2D eigenvalue weighted by atomic mass is 35.5. The topological polar surface area (TPSA) is 157 Å². The minimum absolute atomic E-state index is 0.0219. The van der Waals surface area contributed by atoms with Gasteiger partial charge in [-0.1, -0.05) is 23.7 Å². The van der Waals surface area contributed by atoms with Crippen molar-refractivity contribution in [1.29, 1.82) is 0 Å². The first-order valence-corrected chi connectivity index (χ1v) is 14.0. The van der Waals surface area contributed by atoms with Gasteiger partial charge in [-0.3, -0.25) is 23.9 Å². The SMILES string of the molecule is CN(C)CC(=O)OC[C@H]1O[C@@H](n2cc(F)c(=O)n(COC(=O)CNC(=O)OC(C)(C)C)c2=O)C[C@@H]1OCc1ccc(Cl)cc1. The molecular weight excluding hydrogens is 607 g/mol. The van der Waals surface area contributed by atoms with E-state index in [0.29, 0.717) is 15.8 Å². The van der Waals surface area contributed by atoms with E-state index in [2.05, 4.69) is 5.32 Å². The van der Waals surface area contributed by atoms with Crippen molar-refractivity contribution in [2.24, 2.45) is 0 Å². The van der Waals surface area contributed by atoms with E-state index >= 15 is 0 Å². The lowest BCUT2D eigenvalue weighted by atomic mass is 10.1. The molecule has 1 aliphatic heterocycles. The quantitative estimate of drug-likeness (QED) is 0.266. The van der Waals surface area contributed by atoms with Gasteiger partial charge in [-0.15, -0.1) is 0 Å². The summed E-state index contributed by atoms with van der Waals surface area (Å²) in [6, 6.07) is 6.92. The largest absolute Gasteiger partial charge is 0.462 e. The van der Waals surface area contributed by atoms with E-state index in [4.69, 9.17) is 35.3 Å². The van der Waals surface area contributed by atoms with Gasteiger partial charge in [-0.25, -0.2) is 14.2 Å². The molecule has 44 heavy (non-hydrogen) atoms. The molecule has 1 aromatic heterocycles. The molecule has 1 saturated heterocycles. The van der Waals surface area contributed by atoms with Crippen LogP contribution in [0.3, 0.4) is 0 Å². The fraction of sp³-hybridized carbons (Fsp3) is 0.536. The number of alkyl carbamates (subject to hydrolysis) is 1. The van der Waals surface area contributed by atoms with Crippen LogP contribution in [0.1, 0.15) is 39.0 Å². The molecular formula is C28H36ClFN4O10. The zero-order chi connectivity index (χ0) is 32.6. The number of carbonyl (C=O) groups excluding carboxylic acids is 3. The van der Waals surface area contributed by atoms with Gasteiger partial charge < -0.3 is 29.0 Å². The molecule has 0 spiro atoms. The lowest BCUT2D eigenvalue weighted by Gasteiger charge is -2.20. The van der Waals surface area contributed by atoms with E-state index in [1.54, 1.807) is 64.0 Å². The summed E-state index contributed by atoms with van der Waals surface area (Å²) in [4.78, 5) is 63.3. The first-order valence-electron chi connectivity index (χ1n) is 13.6. The Morgan fingerprint density at radius 2 is 1.80 bits per heavy atom. The maximum absolute atomic E-state index is 14.7. The third-order valence-corrected chi connectivity index (χ3v) is 6.26. The van der Waals surface area contributed by atoms with Crippen LogP contribution in [-0.4, -0.2) is 83.7 Å². The van der Waals surface area contributed by atoms with Crippen LogP contribution in [0.25, 0.3) is 0 Å². The first-order chi connectivity index (χ1) is 20.6. The normalized spacial score (nSPS) is 18.2. The number of hydrogen-bond acceptors (Lipinski definition) is 11. The van der Waals surface area contributed by atoms with Crippen LogP contribution in [-0.2, 0) is 46.6 Å². The van der Waals surface area contributed by atoms with Crippen molar-refractivity contribution < 1.29 is 42.5 Å². The molecule has 242 valence electrons.